The van der Waals surface area contributed by atoms with Crippen LogP contribution in [0.1, 0.15) is 64.0 Å². The van der Waals surface area contributed by atoms with Crippen LogP contribution < -0.4 is 15.4 Å². The molecule has 1 aromatic rings. The Bertz CT molecular complexity index is 737. The number of guanidine groups is 1. The molecule has 186 valence electrons. The van der Waals surface area contributed by atoms with Crippen molar-refractivity contribution in [3.63, 3.8) is 0 Å². The first-order valence-electron chi connectivity index (χ1n) is 12.3. The second-order valence-electron chi connectivity index (χ2n) is 8.86. The Morgan fingerprint density at radius 2 is 1.82 bits per heavy atom. The van der Waals surface area contributed by atoms with Crippen LogP contribution >= 0.6 is 24.0 Å². The number of hydrogen-bond acceptors (Lipinski definition) is 4. The average molecular weight is 572 g/mol. The van der Waals surface area contributed by atoms with Gasteiger partial charge in [-0.3, -0.25) is 14.7 Å². The van der Waals surface area contributed by atoms with E-state index in [0.717, 1.165) is 50.7 Å². The number of hydrogen-bond donors (Lipinski definition) is 2. The quantitative estimate of drug-likeness (QED) is 0.268. The van der Waals surface area contributed by atoms with Crippen LogP contribution in [0.3, 0.4) is 0 Å². The van der Waals surface area contributed by atoms with Crippen LogP contribution in [0.2, 0.25) is 0 Å². The Balaban J connectivity index is 0.00000385. The van der Waals surface area contributed by atoms with Crippen molar-refractivity contribution in [3.05, 3.63) is 29.8 Å². The van der Waals surface area contributed by atoms with Crippen molar-refractivity contribution in [2.45, 2.75) is 64.5 Å². The van der Waals surface area contributed by atoms with Crippen LogP contribution in [0.15, 0.2) is 29.3 Å². The predicted octanol–water partition coefficient (Wildman–Crippen LogP) is 3.80. The van der Waals surface area contributed by atoms with E-state index in [1.165, 1.54) is 24.8 Å². The van der Waals surface area contributed by atoms with Crippen LogP contribution in [0.5, 0.6) is 5.75 Å². The lowest BCUT2D eigenvalue weighted by Gasteiger charge is -2.33. The Morgan fingerprint density at radius 3 is 2.45 bits per heavy atom. The fourth-order valence-electron chi connectivity index (χ4n) is 4.73. The molecule has 1 amide bonds. The Hall–Kier alpha value is -1.55. The average Bonchev–Trinajstić information content (AvgIpc) is 3.34. The molecule has 2 atom stereocenters. The minimum absolute atomic E-state index is 0. The van der Waals surface area contributed by atoms with Gasteiger partial charge in [-0.2, -0.15) is 0 Å². The normalized spacial score (nSPS) is 20.2. The Morgan fingerprint density at radius 1 is 1.12 bits per heavy atom. The summed E-state index contributed by atoms with van der Waals surface area (Å²) in [5.74, 6) is 1.90. The molecule has 2 saturated heterocycles. The van der Waals surface area contributed by atoms with Gasteiger partial charge in [0.15, 0.2) is 5.96 Å². The van der Waals surface area contributed by atoms with Crippen LogP contribution in [-0.2, 0) is 4.79 Å². The number of amides is 1. The minimum atomic E-state index is 0. The molecule has 2 aliphatic rings. The van der Waals surface area contributed by atoms with E-state index < -0.39 is 0 Å². The van der Waals surface area contributed by atoms with E-state index in [9.17, 15) is 4.79 Å². The van der Waals surface area contributed by atoms with Gasteiger partial charge in [0.1, 0.15) is 5.75 Å². The summed E-state index contributed by atoms with van der Waals surface area (Å²) in [5, 5.41) is 6.71. The number of halogens is 1. The monoisotopic (exact) mass is 571 g/mol. The number of nitrogens with zero attached hydrogens (tertiary/aromatic N) is 3. The number of likely N-dealkylation sites (tertiary alicyclic amines) is 2. The summed E-state index contributed by atoms with van der Waals surface area (Å²) in [5.41, 5.74) is 1.27. The topological polar surface area (TPSA) is 69.2 Å². The number of carbonyl (C=O) groups is 1. The van der Waals surface area contributed by atoms with Crippen LogP contribution in [-0.4, -0.2) is 74.1 Å². The third-order valence-electron chi connectivity index (χ3n) is 6.60. The molecule has 0 aromatic heterocycles. The molecule has 3 rings (SSSR count). The number of benzene rings is 1. The lowest BCUT2D eigenvalue weighted by molar-refractivity contribution is -0.134. The molecule has 2 heterocycles. The zero-order chi connectivity index (χ0) is 22.8. The SMILES string of the molecule is CCNC(=NCC(c1ccc(OC)cc1)N1CCCC1)NCCC(=O)N1CCCCC1C.I. The van der Waals surface area contributed by atoms with E-state index in [1.807, 2.05) is 17.0 Å². The summed E-state index contributed by atoms with van der Waals surface area (Å²) < 4.78 is 5.33. The molecule has 1 aromatic carbocycles. The number of piperidine rings is 1. The Labute approximate surface area is 216 Å². The second kappa shape index (κ2) is 14.7. The highest BCUT2D eigenvalue weighted by Crippen LogP contribution is 2.27. The van der Waals surface area contributed by atoms with Crippen molar-refractivity contribution in [2.24, 2.45) is 4.99 Å². The van der Waals surface area contributed by atoms with E-state index in [2.05, 4.69) is 41.5 Å². The van der Waals surface area contributed by atoms with E-state index in [0.29, 0.717) is 25.6 Å². The summed E-state index contributed by atoms with van der Waals surface area (Å²) in [6, 6.07) is 8.96. The van der Waals surface area contributed by atoms with Gasteiger partial charge in [0.05, 0.1) is 19.7 Å². The number of rotatable bonds is 9. The molecule has 33 heavy (non-hydrogen) atoms. The van der Waals surface area contributed by atoms with Crippen molar-refractivity contribution < 1.29 is 9.53 Å². The van der Waals surface area contributed by atoms with Crippen molar-refractivity contribution in [1.29, 1.82) is 0 Å². The van der Waals surface area contributed by atoms with Crippen molar-refractivity contribution in [3.8, 4) is 5.75 Å². The minimum Gasteiger partial charge on any atom is -0.497 e. The standard InChI is InChI=1S/C25H41N5O2.HI/c1-4-26-25(27-15-14-24(31)30-18-6-5-9-20(30)2)28-19-23(29-16-7-8-17-29)21-10-12-22(32-3)13-11-21;/h10-13,20,23H,4-9,14-19H2,1-3H3,(H2,26,27,28);1H. The maximum Gasteiger partial charge on any atom is 0.224 e. The number of nitrogens with one attached hydrogen (secondary N) is 2. The van der Waals surface area contributed by atoms with E-state index >= 15 is 0 Å². The summed E-state index contributed by atoms with van der Waals surface area (Å²) in [4.78, 5) is 22.1. The first-order chi connectivity index (χ1) is 15.6. The van der Waals surface area contributed by atoms with Crippen LogP contribution in [0.4, 0.5) is 0 Å². The first kappa shape index (κ1) is 27.7. The molecule has 2 N–H and O–H groups in total. The lowest BCUT2D eigenvalue weighted by atomic mass is 10.0. The molecule has 0 radical (unpaired) electrons. The summed E-state index contributed by atoms with van der Waals surface area (Å²) in [7, 11) is 1.70. The Kier molecular flexibility index (Phi) is 12.3. The van der Waals surface area contributed by atoms with Crippen LogP contribution in [0, 0.1) is 0 Å². The molecule has 0 saturated carbocycles. The summed E-state index contributed by atoms with van der Waals surface area (Å²) >= 11 is 0. The molecule has 2 unspecified atom stereocenters. The van der Waals surface area contributed by atoms with Gasteiger partial charge in [-0.15, -0.1) is 24.0 Å². The molecule has 8 heteroatoms. The zero-order valence-electron chi connectivity index (χ0n) is 20.5. The zero-order valence-corrected chi connectivity index (χ0v) is 22.8. The van der Waals surface area contributed by atoms with E-state index in [4.69, 9.17) is 9.73 Å². The van der Waals surface area contributed by atoms with Gasteiger partial charge in [0.2, 0.25) is 5.91 Å². The number of aliphatic imine (C=N–C) groups is 1. The predicted molar refractivity (Wildman–Crippen MR) is 146 cm³/mol. The number of carbonyl (C=O) groups excluding carboxylic acids is 1. The van der Waals surface area contributed by atoms with Crippen molar-refractivity contribution >= 4 is 35.8 Å². The lowest BCUT2D eigenvalue weighted by Crippen LogP contribution is -2.44. The van der Waals surface area contributed by atoms with Gasteiger partial charge in [-0.25, -0.2) is 0 Å². The van der Waals surface area contributed by atoms with Gasteiger partial charge in [0, 0.05) is 32.1 Å². The third kappa shape index (κ3) is 8.31. The van der Waals surface area contributed by atoms with Crippen molar-refractivity contribution in [1.82, 2.24) is 20.4 Å². The number of methoxy groups -OCH3 is 1. The van der Waals surface area contributed by atoms with Gasteiger partial charge in [-0.05, 0) is 76.7 Å². The largest absolute Gasteiger partial charge is 0.497 e. The maximum atomic E-state index is 12.6. The van der Waals surface area contributed by atoms with E-state index in [-0.39, 0.29) is 35.9 Å². The summed E-state index contributed by atoms with van der Waals surface area (Å²) in [6.45, 7) is 9.42. The molecule has 2 aliphatic heterocycles. The van der Waals surface area contributed by atoms with Gasteiger partial charge in [-0.1, -0.05) is 12.1 Å². The molecule has 0 aliphatic carbocycles. The first-order valence-corrected chi connectivity index (χ1v) is 12.3. The van der Waals surface area contributed by atoms with Gasteiger partial charge in [0.25, 0.3) is 0 Å². The van der Waals surface area contributed by atoms with Crippen molar-refractivity contribution in [2.75, 3.05) is 46.4 Å². The fourth-order valence-corrected chi connectivity index (χ4v) is 4.73. The molecular weight excluding hydrogens is 529 g/mol. The molecule has 0 bridgehead atoms. The molecule has 2 fully saturated rings. The third-order valence-corrected chi connectivity index (χ3v) is 6.60. The second-order valence-corrected chi connectivity index (χ2v) is 8.86. The fraction of sp³-hybridized carbons (Fsp3) is 0.680. The molecule has 7 nitrogen and oxygen atoms in total. The van der Waals surface area contributed by atoms with Gasteiger partial charge < -0.3 is 20.3 Å². The highest BCUT2D eigenvalue weighted by atomic mass is 127. The number of ether oxygens (including phenoxy) is 1. The smallest absolute Gasteiger partial charge is 0.224 e. The molecular formula is C25H42IN5O2. The highest BCUT2D eigenvalue weighted by Gasteiger charge is 2.24. The summed E-state index contributed by atoms with van der Waals surface area (Å²) in [6.07, 6.45) is 6.45. The van der Waals surface area contributed by atoms with Crippen LogP contribution in [0.25, 0.3) is 0 Å². The maximum absolute atomic E-state index is 12.6. The van der Waals surface area contributed by atoms with Gasteiger partial charge >= 0.3 is 0 Å². The highest BCUT2D eigenvalue weighted by molar-refractivity contribution is 14.0. The molecule has 0 spiro atoms. The van der Waals surface area contributed by atoms with E-state index in [1.54, 1.807) is 7.11 Å².